The minimum absolute atomic E-state index is 0.598. The highest BCUT2D eigenvalue weighted by molar-refractivity contribution is 9.08. The lowest BCUT2D eigenvalue weighted by Gasteiger charge is -2.12. The van der Waals surface area contributed by atoms with E-state index >= 15 is 0 Å². The van der Waals surface area contributed by atoms with Crippen LogP contribution in [-0.2, 0) is 11.9 Å². The number of alkyl halides is 1. The average molecular weight is 341 g/mol. The van der Waals surface area contributed by atoms with Crippen LogP contribution in [0.4, 0.5) is 0 Å². The molecule has 0 aliphatic carbocycles. The Kier molecular flexibility index (Phi) is 5.73. The first-order chi connectivity index (χ1) is 9.33. The molecule has 0 saturated heterocycles. The van der Waals surface area contributed by atoms with Gasteiger partial charge in [0.2, 0.25) is 0 Å². The second kappa shape index (κ2) is 7.56. The van der Waals surface area contributed by atoms with E-state index in [4.69, 9.17) is 9.47 Å². The van der Waals surface area contributed by atoms with Gasteiger partial charge in [0.05, 0.1) is 6.61 Å². The smallest absolute Gasteiger partial charge is 0.127 e. The van der Waals surface area contributed by atoms with Crippen LogP contribution in [-0.4, -0.2) is 6.61 Å². The standard InChI is InChI=1S/C15H17BrO2S/c1-2-6-17-14-4-3-13(9-16)15(8-14)18-10-12-5-7-19-11-12/h3-5,7-8,11H,2,6,9-10H2,1H3. The topological polar surface area (TPSA) is 18.5 Å². The van der Waals surface area contributed by atoms with Gasteiger partial charge in [0.25, 0.3) is 0 Å². The summed E-state index contributed by atoms with van der Waals surface area (Å²) >= 11 is 5.17. The van der Waals surface area contributed by atoms with Crippen molar-refractivity contribution < 1.29 is 9.47 Å². The van der Waals surface area contributed by atoms with Crippen molar-refractivity contribution in [3.8, 4) is 11.5 Å². The van der Waals surface area contributed by atoms with Crippen molar-refractivity contribution in [2.24, 2.45) is 0 Å². The minimum Gasteiger partial charge on any atom is -0.493 e. The maximum Gasteiger partial charge on any atom is 0.127 e. The molecule has 2 rings (SSSR count). The quantitative estimate of drug-likeness (QED) is 0.659. The van der Waals surface area contributed by atoms with Crippen molar-refractivity contribution >= 4 is 27.3 Å². The van der Waals surface area contributed by atoms with Gasteiger partial charge in [0, 0.05) is 17.0 Å². The molecule has 4 heteroatoms. The molecule has 0 aliphatic heterocycles. The number of thiophene rings is 1. The van der Waals surface area contributed by atoms with Crippen LogP contribution >= 0.6 is 27.3 Å². The Balaban J connectivity index is 2.07. The summed E-state index contributed by atoms with van der Waals surface area (Å²) in [6.07, 6.45) is 1.01. The summed E-state index contributed by atoms with van der Waals surface area (Å²) in [5.41, 5.74) is 2.34. The van der Waals surface area contributed by atoms with Gasteiger partial charge >= 0.3 is 0 Å². The van der Waals surface area contributed by atoms with Gasteiger partial charge in [-0.25, -0.2) is 0 Å². The Bertz CT molecular complexity index is 497. The van der Waals surface area contributed by atoms with E-state index in [1.165, 1.54) is 5.56 Å². The van der Waals surface area contributed by atoms with Crippen molar-refractivity contribution in [2.45, 2.75) is 25.3 Å². The summed E-state index contributed by atoms with van der Waals surface area (Å²) in [7, 11) is 0. The van der Waals surface area contributed by atoms with E-state index in [0.717, 1.165) is 35.4 Å². The Labute approximate surface area is 126 Å². The molecule has 0 aliphatic rings. The molecule has 0 saturated carbocycles. The molecular weight excluding hydrogens is 324 g/mol. The van der Waals surface area contributed by atoms with Crippen LogP contribution in [0.5, 0.6) is 11.5 Å². The summed E-state index contributed by atoms with van der Waals surface area (Å²) in [6, 6.07) is 8.08. The first-order valence-electron chi connectivity index (χ1n) is 6.29. The molecular formula is C15H17BrO2S. The van der Waals surface area contributed by atoms with Gasteiger partial charge in [0.1, 0.15) is 18.1 Å². The number of halogens is 1. The molecule has 0 bridgehead atoms. The lowest BCUT2D eigenvalue weighted by atomic mass is 10.2. The molecule has 0 atom stereocenters. The molecule has 1 heterocycles. The second-order valence-corrected chi connectivity index (χ2v) is 5.51. The van der Waals surface area contributed by atoms with Crippen LogP contribution in [0.25, 0.3) is 0 Å². The first kappa shape index (κ1) is 14.4. The predicted molar refractivity (Wildman–Crippen MR) is 83.5 cm³/mol. The molecule has 0 amide bonds. The molecule has 0 fully saturated rings. The molecule has 0 radical (unpaired) electrons. The monoisotopic (exact) mass is 340 g/mol. The van der Waals surface area contributed by atoms with Crippen molar-refractivity contribution in [1.29, 1.82) is 0 Å². The summed E-state index contributed by atoms with van der Waals surface area (Å²) in [4.78, 5) is 0. The molecule has 0 spiro atoms. The first-order valence-corrected chi connectivity index (χ1v) is 8.35. The molecule has 2 nitrogen and oxygen atoms in total. The van der Waals surface area contributed by atoms with Crippen molar-refractivity contribution in [1.82, 2.24) is 0 Å². The van der Waals surface area contributed by atoms with E-state index in [-0.39, 0.29) is 0 Å². The Morgan fingerprint density at radius 1 is 1.21 bits per heavy atom. The van der Waals surface area contributed by atoms with Gasteiger partial charge in [-0.1, -0.05) is 28.9 Å². The fraction of sp³-hybridized carbons (Fsp3) is 0.333. The highest BCUT2D eigenvalue weighted by atomic mass is 79.9. The van der Waals surface area contributed by atoms with Crippen LogP contribution in [0.3, 0.4) is 0 Å². The Hall–Kier alpha value is -1.00. The zero-order valence-corrected chi connectivity index (χ0v) is 13.3. The van der Waals surface area contributed by atoms with E-state index < -0.39 is 0 Å². The third-order valence-electron chi connectivity index (χ3n) is 2.63. The summed E-state index contributed by atoms with van der Waals surface area (Å²) in [6.45, 7) is 3.43. The second-order valence-electron chi connectivity index (χ2n) is 4.17. The minimum atomic E-state index is 0.598. The van der Waals surface area contributed by atoms with Crippen LogP contribution in [0.1, 0.15) is 24.5 Å². The van der Waals surface area contributed by atoms with E-state index in [0.29, 0.717) is 6.61 Å². The number of hydrogen-bond acceptors (Lipinski definition) is 3. The molecule has 102 valence electrons. The fourth-order valence-corrected chi connectivity index (χ4v) is 2.74. The van der Waals surface area contributed by atoms with Gasteiger partial charge in [0.15, 0.2) is 0 Å². The third kappa shape index (κ3) is 4.25. The van der Waals surface area contributed by atoms with E-state index in [1.807, 2.05) is 18.2 Å². The fourth-order valence-electron chi connectivity index (χ4n) is 1.63. The third-order valence-corrected chi connectivity index (χ3v) is 3.97. The summed E-state index contributed by atoms with van der Waals surface area (Å²) in [5, 5.41) is 4.94. The van der Waals surface area contributed by atoms with Crippen molar-refractivity contribution in [3.63, 3.8) is 0 Å². The van der Waals surface area contributed by atoms with E-state index in [1.54, 1.807) is 11.3 Å². The molecule has 2 aromatic rings. The number of ether oxygens (including phenoxy) is 2. The zero-order valence-electron chi connectivity index (χ0n) is 10.9. The maximum absolute atomic E-state index is 5.89. The lowest BCUT2D eigenvalue weighted by molar-refractivity contribution is 0.293. The van der Waals surface area contributed by atoms with E-state index in [2.05, 4.69) is 39.7 Å². The van der Waals surface area contributed by atoms with Gasteiger partial charge in [-0.05, 0) is 34.9 Å². The maximum atomic E-state index is 5.89. The van der Waals surface area contributed by atoms with E-state index in [9.17, 15) is 0 Å². The summed E-state index contributed by atoms with van der Waals surface area (Å²) in [5.74, 6) is 1.75. The number of hydrogen-bond donors (Lipinski definition) is 0. The lowest BCUT2D eigenvalue weighted by Crippen LogP contribution is -1.99. The molecule has 1 aromatic carbocycles. The average Bonchev–Trinajstić information content (AvgIpc) is 2.96. The normalized spacial score (nSPS) is 10.4. The van der Waals surface area contributed by atoms with Gasteiger partial charge < -0.3 is 9.47 Å². The van der Waals surface area contributed by atoms with Gasteiger partial charge in [-0.2, -0.15) is 11.3 Å². The van der Waals surface area contributed by atoms with Crippen LogP contribution < -0.4 is 9.47 Å². The van der Waals surface area contributed by atoms with Crippen molar-refractivity contribution in [2.75, 3.05) is 6.61 Å². The molecule has 19 heavy (non-hydrogen) atoms. The molecule has 0 unspecified atom stereocenters. The zero-order chi connectivity index (χ0) is 13.5. The van der Waals surface area contributed by atoms with Gasteiger partial charge in [-0.15, -0.1) is 0 Å². The highest BCUT2D eigenvalue weighted by Gasteiger charge is 2.06. The number of rotatable bonds is 7. The van der Waals surface area contributed by atoms with Gasteiger partial charge in [-0.3, -0.25) is 0 Å². The summed E-state index contributed by atoms with van der Waals surface area (Å²) < 4.78 is 11.5. The Morgan fingerprint density at radius 3 is 2.79 bits per heavy atom. The van der Waals surface area contributed by atoms with Crippen LogP contribution in [0.2, 0.25) is 0 Å². The number of benzene rings is 1. The van der Waals surface area contributed by atoms with Crippen LogP contribution in [0, 0.1) is 0 Å². The van der Waals surface area contributed by atoms with Crippen LogP contribution in [0.15, 0.2) is 35.0 Å². The Morgan fingerprint density at radius 2 is 2.11 bits per heavy atom. The predicted octanol–water partition coefficient (Wildman–Crippen LogP) is 5.01. The SMILES string of the molecule is CCCOc1ccc(CBr)c(OCc2ccsc2)c1. The highest BCUT2D eigenvalue weighted by Crippen LogP contribution is 2.27. The van der Waals surface area contributed by atoms with Crippen molar-refractivity contribution in [3.05, 3.63) is 46.2 Å². The largest absolute Gasteiger partial charge is 0.493 e. The molecule has 1 aromatic heterocycles. The molecule has 0 N–H and O–H groups in total.